The van der Waals surface area contributed by atoms with Crippen molar-refractivity contribution in [2.75, 3.05) is 12.4 Å². The van der Waals surface area contributed by atoms with Gasteiger partial charge in [0.25, 0.3) is 5.91 Å². The van der Waals surface area contributed by atoms with Crippen molar-refractivity contribution in [1.29, 1.82) is 0 Å². The number of carbonyl (C=O) groups excluding carboxylic acids is 1. The summed E-state index contributed by atoms with van der Waals surface area (Å²) in [6.07, 6.45) is -3.07. The number of ether oxygens (including phenoxy) is 1. The van der Waals surface area contributed by atoms with Crippen LogP contribution in [-0.4, -0.2) is 32.5 Å². The lowest BCUT2D eigenvalue weighted by Crippen LogP contribution is -2.18. The van der Waals surface area contributed by atoms with Gasteiger partial charge in [0.1, 0.15) is 17.1 Å². The second kappa shape index (κ2) is 8.07. The number of methoxy groups -OCH3 is 1. The lowest BCUT2D eigenvalue weighted by molar-refractivity contribution is -0.145. The predicted octanol–water partition coefficient (Wildman–Crippen LogP) is 4.51. The third-order valence-corrected chi connectivity index (χ3v) is 4.50. The molecule has 7 nitrogen and oxygen atoms in total. The van der Waals surface area contributed by atoms with Crippen LogP contribution in [0.15, 0.2) is 42.7 Å². The fourth-order valence-corrected chi connectivity index (χ4v) is 3.02. The van der Waals surface area contributed by atoms with Crippen molar-refractivity contribution in [2.45, 2.75) is 6.18 Å². The molecule has 0 aliphatic rings. The Kier molecular flexibility index (Phi) is 5.39. The highest BCUT2D eigenvalue weighted by Crippen LogP contribution is 2.34. The number of aromatic nitrogens is 4. The van der Waals surface area contributed by atoms with E-state index in [9.17, 15) is 31.1 Å². The lowest BCUT2D eigenvalue weighted by Gasteiger charge is -2.11. The fourth-order valence-electron chi connectivity index (χ4n) is 3.02. The molecule has 0 radical (unpaired) electrons. The summed E-state index contributed by atoms with van der Waals surface area (Å²) >= 11 is 0. The molecule has 0 aliphatic carbocycles. The van der Waals surface area contributed by atoms with Gasteiger partial charge in [-0.3, -0.25) is 9.36 Å². The molecule has 2 heterocycles. The molecule has 0 aliphatic heterocycles. The summed E-state index contributed by atoms with van der Waals surface area (Å²) in [5, 5.41) is 2.01. The van der Waals surface area contributed by atoms with E-state index >= 15 is 0 Å². The molecule has 170 valence electrons. The molecule has 13 heteroatoms. The Morgan fingerprint density at radius 2 is 1.76 bits per heavy atom. The first-order valence-electron chi connectivity index (χ1n) is 9.01. The van der Waals surface area contributed by atoms with Crippen LogP contribution in [-0.2, 0) is 6.18 Å². The summed E-state index contributed by atoms with van der Waals surface area (Å²) < 4.78 is 87.3. The summed E-state index contributed by atoms with van der Waals surface area (Å²) in [7, 11) is 1.35. The molecule has 0 unspecified atom stereocenters. The Morgan fingerprint density at radius 3 is 2.39 bits per heavy atom. The number of halogens is 6. The molecule has 0 saturated carbocycles. The summed E-state index contributed by atoms with van der Waals surface area (Å²) in [5.74, 6) is -7.43. The average Bonchev–Trinajstić information content (AvgIpc) is 3.16. The summed E-state index contributed by atoms with van der Waals surface area (Å²) in [5.41, 5.74) is -1.15. The summed E-state index contributed by atoms with van der Waals surface area (Å²) in [6, 6.07) is 5.18. The minimum Gasteiger partial charge on any atom is -0.497 e. The number of rotatable bonds is 4. The van der Waals surface area contributed by atoms with Crippen LogP contribution in [0.3, 0.4) is 0 Å². The maximum absolute atomic E-state index is 13.8. The highest BCUT2D eigenvalue weighted by Gasteiger charge is 2.38. The van der Waals surface area contributed by atoms with Gasteiger partial charge in [-0.1, -0.05) is 0 Å². The van der Waals surface area contributed by atoms with Gasteiger partial charge in [-0.15, -0.1) is 0 Å². The van der Waals surface area contributed by atoms with Crippen LogP contribution >= 0.6 is 0 Å². The van der Waals surface area contributed by atoms with Crippen LogP contribution in [0.4, 0.5) is 32.2 Å². The molecule has 0 saturated heterocycles. The minimum atomic E-state index is -4.84. The molecular weight excluding hydrogens is 456 g/mol. The van der Waals surface area contributed by atoms with Crippen molar-refractivity contribution in [1.82, 2.24) is 19.5 Å². The summed E-state index contributed by atoms with van der Waals surface area (Å²) in [6.45, 7) is 0. The lowest BCUT2D eigenvalue weighted by atomic mass is 10.1. The molecule has 4 rings (SSSR count). The third kappa shape index (κ3) is 4.04. The number of anilines is 1. The first kappa shape index (κ1) is 22.0. The SMILES string of the molecule is COc1ccc2c(c1)nc(C(F)(F)F)n2-c1cnc(NC(=O)c2c(F)ccc(F)c2F)cn1. The van der Waals surface area contributed by atoms with E-state index in [0.717, 1.165) is 12.4 Å². The van der Waals surface area contributed by atoms with Gasteiger partial charge in [0.2, 0.25) is 5.82 Å². The number of carbonyl (C=O) groups is 1. The number of hydrogen-bond donors (Lipinski definition) is 1. The Labute approximate surface area is 180 Å². The van der Waals surface area contributed by atoms with Gasteiger partial charge >= 0.3 is 6.18 Å². The molecule has 2 aromatic carbocycles. The van der Waals surface area contributed by atoms with E-state index in [2.05, 4.69) is 15.0 Å². The molecule has 4 aromatic rings. The van der Waals surface area contributed by atoms with Crippen molar-refractivity contribution in [2.24, 2.45) is 0 Å². The van der Waals surface area contributed by atoms with E-state index < -0.39 is 40.9 Å². The fraction of sp³-hybridized carbons (Fsp3) is 0.100. The smallest absolute Gasteiger partial charge is 0.450 e. The minimum absolute atomic E-state index is 0.0158. The molecule has 1 amide bonds. The molecular formula is C20H11F6N5O2. The monoisotopic (exact) mass is 467 g/mol. The second-order valence-corrected chi connectivity index (χ2v) is 6.56. The van der Waals surface area contributed by atoms with E-state index in [1.807, 2.05) is 5.32 Å². The molecule has 0 fully saturated rings. The van der Waals surface area contributed by atoms with E-state index in [1.54, 1.807) is 0 Å². The van der Waals surface area contributed by atoms with Gasteiger partial charge in [-0.25, -0.2) is 28.1 Å². The third-order valence-electron chi connectivity index (χ3n) is 4.50. The first-order valence-corrected chi connectivity index (χ1v) is 9.01. The molecule has 0 bridgehead atoms. The first-order chi connectivity index (χ1) is 15.6. The highest BCUT2D eigenvalue weighted by molar-refractivity contribution is 6.04. The van der Waals surface area contributed by atoms with Crippen molar-refractivity contribution in [3.05, 3.63) is 71.6 Å². The topological polar surface area (TPSA) is 81.9 Å². The highest BCUT2D eigenvalue weighted by atomic mass is 19.4. The van der Waals surface area contributed by atoms with E-state index in [-0.39, 0.29) is 22.7 Å². The second-order valence-electron chi connectivity index (χ2n) is 6.56. The van der Waals surface area contributed by atoms with Crippen LogP contribution < -0.4 is 10.1 Å². The van der Waals surface area contributed by atoms with E-state index in [4.69, 9.17) is 4.74 Å². The number of nitrogens with zero attached hydrogens (tertiary/aromatic N) is 4. The van der Waals surface area contributed by atoms with E-state index in [0.29, 0.717) is 22.4 Å². The number of hydrogen-bond acceptors (Lipinski definition) is 5. The van der Waals surface area contributed by atoms with Crippen LogP contribution in [0.25, 0.3) is 16.9 Å². The van der Waals surface area contributed by atoms with Crippen LogP contribution in [0.2, 0.25) is 0 Å². The van der Waals surface area contributed by atoms with Gasteiger partial charge in [0.05, 0.1) is 30.5 Å². The van der Waals surface area contributed by atoms with Crippen molar-refractivity contribution < 1.29 is 35.9 Å². The van der Waals surface area contributed by atoms with Gasteiger partial charge in [-0.2, -0.15) is 13.2 Å². The largest absolute Gasteiger partial charge is 0.497 e. The quantitative estimate of drug-likeness (QED) is 0.353. The molecule has 1 N–H and O–H groups in total. The average molecular weight is 467 g/mol. The number of nitrogens with one attached hydrogen (secondary N) is 1. The van der Waals surface area contributed by atoms with Crippen LogP contribution in [0.1, 0.15) is 16.2 Å². The zero-order valence-corrected chi connectivity index (χ0v) is 16.4. The van der Waals surface area contributed by atoms with Crippen molar-refractivity contribution in [3.8, 4) is 11.6 Å². The Balaban J connectivity index is 1.71. The van der Waals surface area contributed by atoms with Gasteiger partial charge in [-0.05, 0) is 24.3 Å². The van der Waals surface area contributed by atoms with Gasteiger partial charge in [0.15, 0.2) is 23.3 Å². The summed E-state index contributed by atoms with van der Waals surface area (Å²) in [4.78, 5) is 23.4. The zero-order valence-electron chi connectivity index (χ0n) is 16.4. The maximum atomic E-state index is 13.8. The Hall–Kier alpha value is -4.16. The number of fused-ring (bicyclic) bond motifs is 1. The van der Waals surface area contributed by atoms with Gasteiger partial charge in [0, 0.05) is 6.07 Å². The Morgan fingerprint density at radius 1 is 1.03 bits per heavy atom. The maximum Gasteiger partial charge on any atom is 0.450 e. The van der Waals surface area contributed by atoms with Gasteiger partial charge < -0.3 is 10.1 Å². The van der Waals surface area contributed by atoms with Crippen molar-refractivity contribution >= 4 is 22.8 Å². The zero-order chi connectivity index (χ0) is 23.9. The standard InChI is InChI=1S/C20H11F6N5O2/c1-33-9-2-5-13-12(6-9)29-19(20(24,25)26)31(13)15-8-27-14(7-28-15)30-18(32)16-10(21)3-4-11(22)17(16)23/h2-8H,1H3,(H,27,30,32). The Bertz CT molecular complexity index is 1370. The van der Waals surface area contributed by atoms with Crippen LogP contribution in [0.5, 0.6) is 5.75 Å². The normalized spacial score (nSPS) is 11.6. The number of benzene rings is 2. The number of alkyl halides is 3. The molecule has 0 atom stereocenters. The van der Waals surface area contributed by atoms with Crippen molar-refractivity contribution in [3.63, 3.8) is 0 Å². The number of imidazole rings is 1. The van der Waals surface area contributed by atoms with Crippen LogP contribution in [0, 0.1) is 17.5 Å². The molecule has 33 heavy (non-hydrogen) atoms. The predicted molar refractivity (Wildman–Crippen MR) is 102 cm³/mol. The molecule has 0 spiro atoms. The number of amides is 1. The molecule has 2 aromatic heterocycles. The van der Waals surface area contributed by atoms with E-state index in [1.165, 1.54) is 25.3 Å².